The molecule has 8 heteroatoms. The summed E-state index contributed by atoms with van der Waals surface area (Å²) in [5.74, 6) is -1.90. The molecule has 1 aliphatic rings. The summed E-state index contributed by atoms with van der Waals surface area (Å²) < 4.78 is 0. The summed E-state index contributed by atoms with van der Waals surface area (Å²) in [6.45, 7) is 5.60. The summed E-state index contributed by atoms with van der Waals surface area (Å²) in [7, 11) is 0. The van der Waals surface area contributed by atoms with E-state index >= 15 is 0 Å². The van der Waals surface area contributed by atoms with Crippen LogP contribution in [0.4, 0.5) is 0 Å². The molecule has 0 spiro atoms. The first-order valence-electron chi connectivity index (χ1n) is 11.7. The van der Waals surface area contributed by atoms with Crippen molar-refractivity contribution in [2.45, 2.75) is 77.0 Å². The Balaban J connectivity index is 2.00. The molecular weight excluding hydrogens is 452 g/mol. The standard InChI is InChI=1S/C26H33ClN4O3/c1-26(2,3)30-23(32)22(20-13-7-8-14-21(20)27)31(17-18-10-9-15-28-16-18)25(34)24(33)29-19-11-5-4-6-12-19/h7-10,13-16,19,22H,4-6,11-12,17H2,1-3H3,(H,29,33)(H,30,32)/t22-/m0/s1. The zero-order chi connectivity index (χ0) is 24.7. The Morgan fingerprint density at radius 1 is 1.09 bits per heavy atom. The van der Waals surface area contributed by atoms with Gasteiger partial charge in [0.1, 0.15) is 6.04 Å². The van der Waals surface area contributed by atoms with E-state index in [9.17, 15) is 14.4 Å². The normalized spacial score (nSPS) is 15.3. The number of hydrogen-bond acceptors (Lipinski definition) is 4. The van der Waals surface area contributed by atoms with Gasteiger partial charge >= 0.3 is 11.8 Å². The third-order valence-electron chi connectivity index (χ3n) is 5.73. The van der Waals surface area contributed by atoms with Crippen LogP contribution in [0.2, 0.25) is 5.02 Å². The van der Waals surface area contributed by atoms with Gasteiger partial charge in [-0.1, -0.05) is 55.1 Å². The predicted octanol–water partition coefficient (Wildman–Crippen LogP) is 4.17. The molecule has 182 valence electrons. The highest BCUT2D eigenvalue weighted by Crippen LogP contribution is 2.30. The van der Waals surface area contributed by atoms with Crippen molar-refractivity contribution in [3.63, 3.8) is 0 Å². The highest BCUT2D eigenvalue weighted by molar-refractivity contribution is 6.35. The van der Waals surface area contributed by atoms with Crippen LogP contribution in [0.3, 0.4) is 0 Å². The summed E-state index contributed by atoms with van der Waals surface area (Å²) in [4.78, 5) is 45.6. The molecule has 7 nitrogen and oxygen atoms in total. The van der Waals surface area contributed by atoms with Crippen molar-refractivity contribution in [1.29, 1.82) is 0 Å². The van der Waals surface area contributed by atoms with E-state index in [1.807, 2.05) is 20.8 Å². The number of halogens is 1. The van der Waals surface area contributed by atoms with Gasteiger partial charge in [-0.05, 0) is 51.3 Å². The third kappa shape index (κ3) is 7.03. The second kappa shape index (κ2) is 11.5. The van der Waals surface area contributed by atoms with Crippen molar-refractivity contribution in [2.24, 2.45) is 0 Å². The second-order valence-electron chi connectivity index (χ2n) is 9.77. The van der Waals surface area contributed by atoms with E-state index in [0.717, 1.165) is 32.1 Å². The number of benzene rings is 1. The van der Waals surface area contributed by atoms with Crippen LogP contribution in [0.15, 0.2) is 48.8 Å². The molecule has 2 aromatic rings. The fourth-order valence-corrected chi connectivity index (χ4v) is 4.42. The van der Waals surface area contributed by atoms with Crippen LogP contribution in [0.5, 0.6) is 0 Å². The molecule has 1 saturated carbocycles. The third-order valence-corrected chi connectivity index (χ3v) is 6.07. The lowest BCUT2D eigenvalue weighted by Crippen LogP contribution is -2.53. The predicted molar refractivity (Wildman–Crippen MR) is 132 cm³/mol. The maximum Gasteiger partial charge on any atom is 0.313 e. The van der Waals surface area contributed by atoms with Crippen LogP contribution in [0.1, 0.15) is 70.0 Å². The van der Waals surface area contributed by atoms with E-state index in [4.69, 9.17) is 11.6 Å². The Morgan fingerprint density at radius 2 is 1.79 bits per heavy atom. The van der Waals surface area contributed by atoms with Crippen LogP contribution in [-0.4, -0.2) is 39.2 Å². The van der Waals surface area contributed by atoms with Gasteiger partial charge in [0.15, 0.2) is 0 Å². The number of rotatable bonds is 6. The van der Waals surface area contributed by atoms with E-state index < -0.39 is 29.3 Å². The highest BCUT2D eigenvalue weighted by Gasteiger charge is 2.37. The van der Waals surface area contributed by atoms with E-state index in [2.05, 4.69) is 15.6 Å². The Labute approximate surface area is 206 Å². The smallest absolute Gasteiger partial charge is 0.313 e. The van der Waals surface area contributed by atoms with Gasteiger partial charge in [0, 0.05) is 41.1 Å². The van der Waals surface area contributed by atoms with Crippen LogP contribution in [-0.2, 0) is 20.9 Å². The minimum absolute atomic E-state index is 0.0260. The van der Waals surface area contributed by atoms with Crippen molar-refractivity contribution in [3.05, 3.63) is 64.9 Å². The first kappa shape index (κ1) is 25.7. The van der Waals surface area contributed by atoms with Crippen molar-refractivity contribution in [1.82, 2.24) is 20.5 Å². The summed E-state index contributed by atoms with van der Waals surface area (Å²) in [6, 6.07) is 9.31. The molecule has 1 aromatic heterocycles. The van der Waals surface area contributed by atoms with Gasteiger partial charge in [0.05, 0.1) is 0 Å². The molecule has 3 rings (SSSR count). The monoisotopic (exact) mass is 484 g/mol. The van der Waals surface area contributed by atoms with Gasteiger partial charge in [-0.3, -0.25) is 19.4 Å². The summed E-state index contributed by atoms with van der Waals surface area (Å²) in [5, 5.41) is 6.17. The number of hydrogen-bond donors (Lipinski definition) is 2. The number of carbonyl (C=O) groups is 3. The van der Waals surface area contributed by atoms with Gasteiger partial charge in [0.25, 0.3) is 0 Å². The van der Waals surface area contributed by atoms with Crippen LogP contribution in [0.25, 0.3) is 0 Å². The van der Waals surface area contributed by atoms with E-state index in [1.165, 1.54) is 4.90 Å². The summed E-state index contributed by atoms with van der Waals surface area (Å²) >= 11 is 6.49. The number of carbonyl (C=O) groups excluding carboxylic acids is 3. The first-order chi connectivity index (χ1) is 16.2. The molecule has 1 aromatic carbocycles. The number of aromatic nitrogens is 1. The number of nitrogens with one attached hydrogen (secondary N) is 2. The van der Waals surface area contributed by atoms with Gasteiger partial charge < -0.3 is 15.5 Å². The fraction of sp³-hybridized carbons (Fsp3) is 0.462. The SMILES string of the molecule is CC(C)(C)NC(=O)[C@H](c1ccccc1Cl)N(Cc1cccnc1)C(=O)C(=O)NC1CCCCC1. The summed E-state index contributed by atoms with van der Waals surface area (Å²) in [6.07, 6.45) is 8.12. The maximum atomic E-state index is 13.6. The molecule has 1 atom stereocenters. The zero-order valence-electron chi connectivity index (χ0n) is 20.0. The van der Waals surface area contributed by atoms with Gasteiger partial charge in [-0.2, -0.15) is 0 Å². The lowest BCUT2D eigenvalue weighted by atomic mass is 9.95. The molecule has 0 radical (unpaired) electrons. The molecule has 0 unspecified atom stereocenters. The molecule has 3 amide bonds. The zero-order valence-corrected chi connectivity index (χ0v) is 20.8. The molecular formula is C26H33ClN4O3. The lowest BCUT2D eigenvalue weighted by Gasteiger charge is -2.34. The van der Waals surface area contributed by atoms with E-state index in [0.29, 0.717) is 16.1 Å². The second-order valence-corrected chi connectivity index (χ2v) is 10.2. The van der Waals surface area contributed by atoms with Gasteiger partial charge in [-0.25, -0.2) is 0 Å². The average molecular weight is 485 g/mol. The van der Waals surface area contributed by atoms with Crippen molar-refractivity contribution in [2.75, 3.05) is 0 Å². The molecule has 0 saturated heterocycles. The van der Waals surface area contributed by atoms with Gasteiger partial charge in [-0.15, -0.1) is 0 Å². The highest BCUT2D eigenvalue weighted by atomic mass is 35.5. The Morgan fingerprint density at radius 3 is 2.41 bits per heavy atom. The Hall–Kier alpha value is -2.93. The molecule has 1 heterocycles. The molecule has 0 bridgehead atoms. The maximum absolute atomic E-state index is 13.6. The quantitative estimate of drug-likeness (QED) is 0.602. The van der Waals surface area contributed by atoms with Crippen LogP contribution < -0.4 is 10.6 Å². The fourth-order valence-electron chi connectivity index (χ4n) is 4.18. The molecule has 1 fully saturated rings. The Kier molecular flexibility index (Phi) is 8.67. The summed E-state index contributed by atoms with van der Waals surface area (Å²) in [5.41, 5.74) is 0.597. The topological polar surface area (TPSA) is 91.4 Å². The van der Waals surface area contributed by atoms with E-state index in [-0.39, 0.29) is 12.6 Å². The lowest BCUT2D eigenvalue weighted by molar-refractivity contribution is -0.151. The number of amides is 3. The molecule has 1 aliphatic carbocycles. The molecule has 0 aliphatic heterocycles. The average Bonchev–Trinajstić information content (AvgIpc) is 2.79. The largest absolute Gasteiger partial charge is 0.349 e. The molecule has 34 heavy (non-hydrogen) atoms. The van der Waals surface area contributed by atoms with Crippen LogP contribution >= 0.6 is 11.6 Å². The van der Waals surface area contributed by atoms with Crippen molar-refractivity contribution >= 4 is 29.3 Å². The molecule has 2 N–H and O–H groups in total. The van der Waals surface area contributed by atoms with Crippen molar-refractivity contribution in [3.8, 4) is 0 Å². The number of pyridine rings is 1. The van der Waals surface area contributed by atoms with E-state index in [1.54, 1.807) is 48.8 Å². The minimum Gasteiger partial charge on any atom is -0.349 e. The number of nitrogens with zero attached hydrogens (tertiary/aromatic N) is 2. The van der Waals surface area contributed by atoms with Crippen molar-refractivity contribution < 1.29 is 14.4 Å². The minimum atomic E-state index is -1.10. The van der Waals surface area contributed by atoms with Crippen LogP contribution in [0, 0.1) is 0 Å². The first-order valence-corrected chi connectivity index (χ1v) is 12.1. The Bertz CT molecular complexity index is 1000. The van der Waals surface area contributed by atoms with Gasteiger partial charge in [0.2, 0.25) is 5.91 Å².